The third-order valence-corrected chi connectivity index (χ3v) is 7.68. The summed E-state index contributed by atoms with van der Waals surface area (Å²) in [6.45, 7) is 2.15. The van der Waals surface area contributed by atoms with Crippen molar-refractivity contribution in [2.75, 3.05) is 32.4 Å². The Balaban J connectivity index is 1.34. The molecule has 8 nitrogen and oxygen atoms in total. The van der Waals surface area contributed by atoms with E-state index in [0.717, 1.165) is 11.9 Å². The van der Waals surface area contributed by atoms with Crippen LogP contribution in [0.2, 0.25) is 0 Å². The molecule has 1 saturated carbocycles. The van der Waals surface area contributed by atoms with Gasteiger partial charge in [0, 0.05) is 38.9 Å². The summed E-state index contributed by atoms with van der Waals surface area (Å²) in [6, 6.07) is 7.37. The zero-order valence-corrected chi connectivity index (χ0v) is 20.2. The van der Waals surface area contributed by atoms with Crippen LogP contribution in [0.4, 0.5) is 0 Å². The molecule has 2 amide bonds. The quantitative estimate of drug-likeness (QED) is 0.615. The summed E-state index contributed by atoms with van der Waals surface area (Å²) in [5, 5.41) is 0. The van der Waals surface area contributed by atoms with Crippen molar-refractivity contribution in [2.24, 2.45) is 5.92 Å². The average Bonchev–Trinajstić information content (AvgIpc) is 3.13. The molecule has 2 aromatic rings. The molecule has 0 atom stereocenters. The van der Waals surface area contributed by atoms with Gasteiger partial charge in [0.05, 0.1) is 11.0 Å². The predicted octanol–water partition coefficient (Wildman–Crippen LogP) is 2.61. The molecule has 4 rings (SSSR count). The minimum Gasteiger partial charge on any atom is -0.339 e. The normalized spacial score (nSPS) is 18.1. The van der Waals surface area contributed by atoms with Crippen LogP contribution in [0.3, 0.4) is 0 Å². The number of amides is 2. The molecular formula is C24H34N4O4S. The Labute approximate surface area is 195 Å². The van der Waals surface area contributed by atoms with Gasteiger partial charge in [-0.2, -0.15) is 0 Å². The predicted molar refractivity (Wildman–Crippen MR) is 127 cm³/mol. The van der Waals surface area contributed by atoms with Crippen LogP contribution in [0.5, 0.6) is 0 Å². The smallest absolute Gasteiger partial charge is 0.242 e. The Morgan fingerprint density at radius 1 is 0.970 bits per heavy atom. The molecule has 0 N–H and O–H groups in total. The average molecular weight is 475 g/mol. The molecule has 0 bridgehead atoms. The van der Waals surface area contributed by atoms with Gasteiger partial charge < -0.3 is 14.4 Å². The summed E-state index contributed by atoms with van der Waals surface area (Å²) in [6.07, 6.45) is 9.16. The minimum atomic E-state index is -3.29. The standard InChI is InChI=1S/C24H34N4O4S/c1-33(31,32)18-22-25-20-9-5-6-10-21(20)28(22)17-24(30)27-15-13-26(14-16-27)23(29)12-11-19-7-3-2-4-8-19/h5-6,9-10,19H,2-4,7-8,11-18H2,1H3. The number of carbonyl (C=O) groups excluding carboxylic acids is 2. The lowest BCUT2D eigenvalue weighted by Gasteiger charge is -2.35. The van der Waals surface area contributed by atoms with Crippen molar-refractivity contribution in [3.63, 3.8) is 0 Å². The highest BCUT2D eigenvalue weighted by Crippen LogP contribution is 2.27. The Bertz CT molecular complexity index is 1100. The number of aromatic nitrogens is 2. The highest BCUT2D eigenvalue weighted by molar-refractivity contribution is 7.89. The second kappa shape index (κ2) is 10.2. The van der Waals surface area contributed by atoms with Crippen LogP contribution in [-0.4, -0.2) is 72.0 Å². The van der Waals surface area contributed by atoms with E-state index in [-0.39, 0.29) is 24.1 Å². The van der Waals surface area contributed by atoms with Crippen molar-refractivity contribution >= 4 is 32.7 Å². The number of para-hydroxylation sites is 2. The number of hydrogen-bond acceptors (Lipinski definition) is 5. The summed E-state index contributed by atoms with van der Waals surface area (Å²) in [4.78, 5) is 33.8. The van der Waals surface area contributed by atoms with Gasteiger partial charge in [-0.15, -0.1) is 0 Å². The van der Waals surface area contributed by atoms with Crippen molar-refractivity contribution in [1.82, 2.24) is 19.4 Å². The van der Waals surface area contributed by atoms with Crippen LogP contribution in [0.1, 0.15) is 50.8 Å². The molecule has 2 fully saturated rings. The van der Waals surface area contributed by atoms with E-state index in [2.05, 4.69) is 4.98 Å². The fourth-order valence-electron chi connectivity index (χ4n) is 5.05. The van der Waals surface area contributed by atoms with Crippen LogP contribution in [0, 0.1) is 5.92 Å². The molecule has 2 aliphatic rings. The van der Waals surface area contributed by atoms with E-state index in [4.69, 9.17) is 0 Å². The van der Waals surface area contributed by atoms with Gasteiger partial charge in [0.2, 0.25) is 11.8 Å². The van der Waals surface area contributed by atoms with Gasteiger partial charge in [0.1, 0.15) is 18.1 Å². The number of benzene rings is 1. The molecule has 2 heterocycles. The number of sulfone groups is 1. The van der Waals surface area contributed by atoms with Crippen molar-refractivity contribution in [1.29, 1.82) is 0 Å². The van der Waals surface area contributed by atoms with E-state index in [1.807, 2.05) is 29.2 Å². The highest BCUT2D eigenvalue weighted by Gasteiger charge is 2.26. The number of hydrogen-bond donors (Lipinski definition) is 0. The highest BCUT2D eigenvalue weighted by atomic mass is 32.2. The summed E-state index contributed by atoms with van der Waals surface area (Å²) < 4.78 is 25.5. The molecule has 1 aromatic heterocycles. The third kappa shape index (κ3) is 6.13. The summed E-state index contributed by atoms with van der Waals surface area (Å²) >= 11 is 0. The Morgan fingerprint density at radius 2 is 1.61 bits per heavy atom. The molecular weight excluding hydrogens is 440 g/mol. The Hall–Kier alpha value is -2.42. The van der Waals surface area contributed by atoms with Crippen molar-refractivity contribution in [3.8, 4) is 0 Å². The number of fused-ring (bicyclic) bond motifs is 1. The first-order chi connectivity index (χ1) is 15.8. The van der Waals surface area contributed by atoms with Crippen LogP contribution in [0.25, 0.3) is 11.0 Å². The zero-order chi connectivity index (χ0) is 23.4. The first kappa shape index (κ1) is 23.7. The van der Waals surface area contributed by atoms with E-state index in [0.29, 0.717) is 49.9 Å². The van der Waals surface area contributed by atoms with Gasteiger partial charge in [-0.1, -0.05) is 44.2 Å². The van der Waals surface area contributed by atoms with E-state index < -0.39 is 9.84 Å². The van der Waals surface area contributed by atoms with Gasteiger partial charge in [-0.25, -0.2) is 13.4 Å². The van der Waals surface area contributed by atoms with Crippen molar-refractivity contribution in [3.05, 3.63) is 30.1 Å². The molecule has 9 heteroatoms. The number of imidazole rings is 1. The lowest BCUT2D eigenvalue weighted by molar-refractivity contribution is -0.140. The van der Waals surface area contributed by atoms with Crippen molar-refractivity contribution < 1.29 is 18.0 Å². The SMILES string of the molecule is CS(=O)(=O)Cc1nc2ccccc2n1CC(=O)N1CCN(C(=O)CCC2CCCCC2)CC1. The molecule has 180 valence electrons. The first-order valence-corrected chi connectivity index (χ1v) is 14.0. The summed E-state index contributed by atoms with van der Waals surface area (Å²) in [7, 11) is -3.29. The minimum absolute atomic E-state index is 0.0427. The number of nitrogens with zero attached hydrogens (tertiary/aromatic N) is 4. The lowest BCUT2D eigenvalue weighted by Crippen LogP contribution is -2.51. The number of carbonyl (C=O) groups is 2. The van der Waals surface area contributed by atoms with E-state index in [1.54, 1.807) is 9.47 Å². The summed E-state index contributed by atoms with van der Waals surface area (Å²) in [5.74, 6) is 0.976. The monoisotopic (exact) mass is 474 g/mol. The van der Waals surface area contributed by atoms with Gasteiger partial charge in [-0.3, -0.25) is 9.59 Å². The van der Waals surface area contributed by atoms with Gasteiger partial charge in [0.15, 0.2) is 9.84 Å². The van der Waals surface area contributed by atoms with Gasteiger partial charge in [0.25, 0.3) is 0 Å². The molecule has 33 heavy (non-hydrogen) atoms. The second-order valence-electron chi connectivity index (χ2n) is 9.48. The maximum atomic E-state index is 13.1. The fraction of sp³-hybridized carbons (Fsp3) is 0.625. The second-order valence-corrected chi connectivity index (χ2v) is 11.6. The molecule has 0 spiro atoms. The van der Waals surface area contributed by atoms with E-state index >= 15 is 0 Å². The van der Waals surface area contributed by atoms with Gasteiger partial charge >= 0.3 is 0 Å². The molecule has 1 aliphatic carbocycles. The third-order valence-electron chi connectivity index (χ3n) is 6.89. The topological polar surface area (TPSA) is 92.6 Å². The maximum absolute atomic E-state index is 13.1. The number of piperazine rings is 1. The molecule has 0 radical (unpaired) electrons. The maximum Gasteiger partial charge on any atom is 0.242 e. The fourth-order valence-corrected chi connectivity index (χ4v) is 5.74. The summed E-state index contributed by atoms with van der Waals surface area (Å²) in [5.41, 5.74) is 1.43. The van der Waals surface area contributed by atoms with Crippen LogP contribution in [0.15, 0.2) is 24.3 Å². The Morgan fingerprint density at radius 3 is 2.27 bits per heavy atom. The molecule has 1 aromatic carbocycles. The number of rotatable bonds is 7. The van der Waals surface area contributed by atoms with Crippen LogP contribution in [-0.2, 0) is 31.7 Å². The largest absolute Gasteiger partial charge is 0.339 e. The zero-order valence-electron chi connectivity index (χ0n) is 19.4. The van der Waals surface area contributed by atoms with E-state index in [9.17, 15) is 18.0 Å². The molecule has 1 aliphatic heterocycles. The molecule has 1 saturated heterocycles. The van der Waals surface area contributed by atoms with Crippen molar-refractivity contribution in [2.45, 2.75) is 57.2 Å². The van der Waals surface area contributed by atoms with Crippen LogP contribution < -0.4 is 0 Å². The first-order valence-electron chi connectivity index (χ1n) is 12.0. The lowest BCUT2D eigenvalue weighted by atomic mass is 9.86. The Kier molecular flexibility index (Phi) is 7.36. The van der Waals surface area contributed by atoms with E-state index in [1.165, 1.54) is 38.4 Å². The molecule has 0 unspecified atom stereocenters. The van der Waals surface area contributed by atoms with Crippen LogP contribution >= 0.6 is 0 Å². The van der Waals surface area contributed by atoms with Gasteiger partial charge in [-0.05, 0) is 24.5 Å².